The third-order valence-electron chi connectivity index (χ3n) is 3.40. The highest BCUT2D eigenvalue weighted by Crippen LogP contribution is 2.14. The Hall–Kier alpha value is -1.44. The van der Waals surface area contributed by atoms with Crippen LogP contribution in [-0.4, -0.2) is 46.4 Å². The van der Waals surface area contributed by atoms with Crippen LogP contribution in [0.25, 0.3) is 0 Å². The van der Waals surface area contributed by atoms with Gasteiger partial charge in [-0.3, -0.25) is 5.41 Å². The average molecular weight is 312 g/mol. The Labute approximate surface area is 124 Å². The number of hydrogen-bond donors (Lipinski definition) is 2. The number of amidine groups is 1. The number of sulfone groups is 1. The van der Waals surface area contributed by atoms with Crippen LogP contribution in [0, 0.1) is 11.3 Å². The summed E-state index contributed by atoms with van der Waals surface area (Å²) in [6.07, 6.45) is 0.971. The number of nitrogen functional groups attached to an aromatic ring is 1. The van der Waals surface area contributed by atoms with Crippen LogP contribution in [0.4, 0.5) is 0 Å². The first-order chi connectivity index (χ1) is 9.99. The van der Waals surface area contributed by atoms with Gasteiger partial charge in [0.15, 0.2) is 9.84 Å². The standard InChI is InChI=1S/C14H20N2O4S/c15-14(16)12-1-3-13(4-2-12)21(17,18)8-7-20-10-11-5-6-19-9-11/h1-4,11H,5-10H2,(H3,15,16). The molecule has 0 aliphatic carbocycles. The maximum atomic E-state index is 12.1. The Morgan fingerprint density at radius 2 is 2.10 bits per heavy atom. The molecule has 0 amide bonds. The molecule has 1 heterocycles. The van der Waals surface area contributed by atoms with E-state index < -0.39 is 9.84 Å². The van der Waals surface area contributed by atoms with Crippen molar-refractivity contribution in [3.05, 3.63) is 29.8 Å². The molecule has 1 saturated heterocycles. The monoisotopic (exact) mass is 312 g/mol. The number of ether oxygens (including phenoxy) is 2. The summed E-state index contributed by atoms with van der Waals surface area (Å²) in [5.41, 5.74) is 5.84. The third-order valence-corrected chi connectivity index (χ3v) is 5.09. The lowest BCUT2D eigenvalue weighted by atomic mass is 10.1. The van der Waals surface area contributed by atoms with Crippen LogP contribution in [0.5, 0.6) is 0 Å². The third kappa shape index (κ3) is 4.52. The highest BCUT2D eigenvalue weighted by atomic mass is 32.2. The summed E-state index contributed by atoms with van der Waals surface area (Å²) < 4.78 is 34.9. The molecule has 21 heavy (non-hydrogen) atoms. The Balaban J connectivity index is 1.84. The van der Waals surface area contributed by atoms with Gasteiger partial charge >= 0.3 is 0 Å². The van der Waals surface area contributed by atoms with Gasteiger partial charge in [-0.1, -0.05) is 12.1 Å². The van der Waals surface area contributed by atoms with Gasteiger partial charge in [-0.05, 0) is 18.6 Å². The van der Waals surface area contributed by atoms with Crippen molar-refractivity contribution in [2.75, 3.05) is 32.2 Å². The van der Waals surface area contributed by atoms with E-state index in [1.807, 2.05) is 0 Å². The van der Waals surface area contributed by atoms with Crippen LogP contribution in [0.1, 0.15) is 12.0 Å². The van der Waals surface area contributed by atoms with E-state index in [4.69, 9.17) is 20.6 Å². The minimum Gasteiger partial charge on any atom is -0.384 e. The van der Waals surface area contributed by atoms with E-state index in [-0.39, 0.29) is 23.1 Å². The van der Waals surface area contributed by atoms with Gasteiger partial charge < -0.3 is 15.2 Å². The van der Waals surface area contributed by atoms with Crippen molar-refractivity contribution in [3.63, 3.8) is 0 Å². The number of nitrogens with one attached hydrogen (secondary N) is 1. The minimum atomic E-state index is -3.37. The smallest absolute Gasteiger partial charge is 0.180 e. The van der Waals surface area contributed by atoms with Crippen molar-refractivity contribution < 1.29 is 17.9 Å². The normalized spacial score (nSPS) is 18.8. The molecule has 0 saturated carbocycles. The van der Waals surface area contributed by atoms with Crippen molar-refractivity contribution in [1.82, 2.24) is 0 Å². The second kappa shape index (κ2) is 7.02. The van der Waals surface area contributed by atoms with Gasteiger partial charge in [0.1, 0.15) is 5.84 Å². The summed E-state index contributed by atoms with van der Waals surface area (Å²) >= 11 is 0. The zero-order valence-electron chi connectivity index (χ0n) is 11.7. The Bertz CT molecular complexity index is 577. The Kier molecular flexibility index (Phi) is 5.33. The lowest BCUT2D eigenvalue weighted by molar-refractivity contribution is 0.0997. The topological polar surface area (TPSA) is 102 Å². The van der Waals surface area contributed by atoms with Gasteiger partial charge in [0.2, 0.25) is 0 Å². The summed E-state index contributed by atoms with van der Waals surface area (Å²) in [6, 6.07) is 6.01. The fourth-order valence-electron chi connectivity index (χ4n) is 2.09. The predicted octanol–water partition coefficient (Wildman–Crippen LogP) is 0.797. The number of hydrogen-bond acceptors (Lipinski definition) is 5. The minimum absolute atomic E-state index is 0.0556. The Morgan fingerprint density at radius 1 is 1.38 bits per heavy atom. The highest BCUT2D eigenvalue weighted by molar-refractivity contribution is 7.91. The molecule has 1 atom stereocenters. The van der Waals surface area contributed by atoms with Crippen molar-refractivity contribution >= 4 is 15.7 Å². The van der Waals surface area contributed by atoms with Crippen LogP contribution < -0.4 is 5.73 Å². The fourth-order valence-corrected chi connectivity index (χ4v) is 3.22. The van der Waals surface area contributed by atoms with Crippen molar-refractivity contribution in [3.8, 4) is 0 Å². The SMILES string of the molecule is N=C(N)c1ccc(S(=O)(=O)CCOCC2CCOC2)cc1. The summed E-state index contributed by atoms with van der Waals surface area (Å²) in [5, 5.41) is 7.28. The van der Waals surface area contributed by atoms with Gasteiger partial charge in [-0.15, -0.1) is 0 Å². The first kappa shape index (κ1) is 15.9. The molecular weight excluding hydrogens is 292 g/mol. The molecule has 0 bridgehead atoms. The molecule has 0 aromatic heterocycles. The molecule has 1 aliphatic heterocycles. The van der Waals surface area contributed by atoms with E-state index in [0.29, 0.717) is 24.7 Å². The van der Waals surface area contributed by atoms with E-state index in [9.17, 15) is 8.42 Å². The zero-order chi connectivity index (χ0) is 15.3. The van der Waals surface area contributed by atoms with E-state index in [1.165, 1.54) is 24.3 Å². The first-order valence-corrected chi connectivity index (χ1v) is 8.47. The first-order valence-electron chi connectivity index (χ1n) is 6.82. The van der Waals surface area contributed by atoms with Crippen molar-refractivity contribution in [1.29, 1.82) is 5.41 Å². The molecular formula is C14H20N2O4S. The largest absolute Gasteiger partial charge is 0.384 e. The van der Waals surface area contributed by atoms with Crippen LogP contribution in [0.2, 0.25) is 0 Å². The second-order valence-corrected chi connectivity index (χ2v) is 7.17. The van der Waals surface area contributed by atoms with Gasteiger partial charge in [-0.2, -0.15) is 0 Å². The maximum absolute atomic E-state index is 12.1. The summed E-state index contributed by atoms with van der Waals surface area (Å²) in [6.45, 7) is 2.17. The van der Waals surface area contributed by atoms with E-state index >= 15 is 0 Å². The van der Waals surface area contributed by atoms with E-state index in [0.717, 1.165) is 13.0 Å². The van der Waals surface area contributed by atoms with Crippen LogP contribution in [-0.2, 0) is 19.3 Å². The number of benzene rings is 1. The maximum Gasteiger partial charge on any atom is 0.180 e. The van der Waals surface area contributed by atoms with Gasteiger partial charge in [0, 0.05) is 18.1 Å². The van der Waals surface area contributed by atoms with Crippen molar-refractivity contribution in [2.45, 2.75) is 11.3 Å². The molecule has 0 spiro atoms. The predicted molar refractivity (Wildman–Crippen MR) is 79.3 cm³/mol. The Morgan fingerprint density at radius 3 is 2.67 bits per heavy atom. The molecule has 0 radical (unpaired) electrons. The summed E-state index contributed by atoms with van der Waals surface area (Å²) in [7, 11) is -3.37. The molecule has 1 fully saturated rings. The van der Waals surface area contributed by atoms with Crippen LogP contribution in [0.3, 0.4) is 0 Å². The van der Waals surface area contributed by atoms with Crippen molar-refractivity contribution in [2.24, 2.45) is 11.7 Å². The molecule has 2 rings (SSSR count). The van der Waals surface area contributed by atoms with Gasteiger partial charge in [0.05, 0.1) is 30.5 Å². The van der Waals surface area contributed by atoms with Crippen LogP contribution >= 0.6 is 0 Å². The summed E-state index contributed by atoms with van der Waals surface area (Å²) in [5.74, 6) is 0.239. The molecule has 7 heteroatoms. The van der Waals surface area contributed by atoms with Crippen LogP contribution in [0.15, 0.2) is 29.2 Å². The molecule has 3 N–H and O–H groups in total. The lowest BCUT2D eigenvalue weighted by Gasteiger charge is -2.09. The fraction of sp³-hybridized carbons (Fsp3) is 0.500. The molecule has 1 aromatic carbocycles. The molecule has 1 aliphatic rings. The number of nitrogens with two attached hydrogens (primary N) is 1. The highest BCUT2D eigenvalue weighted by Gasteiger charge is 2.17. The number of rotatable bonds is 7. The molecule has 116 valence electrons. The van der Waals surface area contributed by atoms with Gasteiger partial charge in [-0.25, -0.2) is 8.42 Å². The van der Waals surface area contributed by atoms with E-state index in [1.54, 1.807) is 0 Å². The van der Waals surface area contributed by atoms with Gasteiger partial charge in [0.25, 0.3) is 0 Å². The zero-order valence-corrected chi connectivity index (χ0v) is 12.6. The molecule has 1 aromatic rings. The molecule has 6 nitrogen and oxygen atoms in total. The quantitative estimate of drug-likeness (QED) is 0.440. The second-order valence-electron chi connectivity index (χ2n) is 5.06. The summed E-state index contributed by atoms with van der Waals surface area (Å²) in [4.78, 5) is 0.222. The van der Waals surface area contributed by atoms with E-state index in [2.05, 4.69) is 0 Å². The molecule has 1 unspecified atom stereocenters. The average Bonchev–Trinajstić information content (AvgIpc) is 2.97. The lowest BCUT2D eigenvalue weighted by Crippen LogP contribution is -2.17.